The van der Waals surface area contributed by atoms with Crippen LogP contribution in [-0.4, -0.2) is 44.9 Å². The Morgan fingerprint density at radius 3 is 2.46 bits per heavy atom. The molecule has 2 aromatic rings. The molecule has 0 fully saturated rings. The number of anilines is 3. The van der Waals surface area contributed by atoms with E-state index >= 15 is 0 Å². The van der Waals surface area contributed by atoms with E-state index < -0.39 is 0 Å². The van der Waals surface area contributed by atoms with Crippen molar-refractivity contribution in [1.82, 2.24) is 4.98 Å². The highest BCUT2D eigenvalue weighted by Gasteiger charge is 2.25. The lowest BCUT2D eigenvalue weighted by atomic mass is 10.1. The van der Waals surface area contributed by atoms with Crippen molar-refractivity contribution < 1.29 is 18.9 Å². The Balaban J connectivity index is 1.83. The zero-order chi connectivity index (χ0) is 20.3. The maximum atomic E-state index is 6.11. The van der Waals surface area contributed by atoms with Gasteiger partial charge in [-0.05, 0) is 12.3 Å². The number of ether oxygens (including phenoxy) is 4. The molecule has 0 amide bonds. The molecule has 1 unspecified atom stereocenters. The lowest BCUT2D eigenvalue weighted by Crippen LogP contribution is -2.09. The normalized spacial score (nSPS) is 15.9. The van der Waals surface area contributed by atoms with Gasteiger partial charge in [-0.1, -0.05) is 25.2 Å². The van der Waals surface area contributed by atoms with Gasteiger partial charge in [-0.3, -0.25) is 0 Å². The summed E-state index contributed by atoms with van der Waals surface area (Å²) >= 11 is 1.39. The van der Waals surface area contributed by atoms with Crippen LogP contribution in [0.3, 0.4) is 0 Å². The Morgan fingerprint density at radius 1 is 1.21 bits per heavy atom. The first-order valence-corrected chi connectivity index (χ1v) is 9.81. The quantitative estimate of drug-likeness (QED) is 0.689. The van der Waals surface area contributed by atoms with Crippen LogP contribution in [-0.2, 0) is 4.74 Å². The van der Waals surface area contributed by atoms with Crippen molar-refractivity contribution in [2.24, 2.45) is 10.9 Å². The molecule has 1 aromatic carbocycles. The summed E-state index contributed by atoms with van der Waals surface area (Å²) in [5, 5.41) is 3.86. The fraction of sp³-hybridized carbons (Fsp3) is 0.474. The minimum absolute atomic E-state index is 0.169. The molecule has 3 N–H and O–H groups in total. The van der Waals surface area contributed by atoms with E-state index in [0.717, 1.165) is 17.0 Å². The monoisotopic (exact) mass is 406 g/mol. The number of nitrogens with one attached hydrogen (secondary N) is 1. The van der Waals surface area contributed by atoms with E-state index in [0.29, 0.717) is 46.6 Å². The number of rotatable bonds is 8. The number of nitrogens with two attached hydrogens (primary N) is 1. The van der Waals surface area contributed by atoms with Crippen molar-refractivity contribution in [3.8, 4) is 17.2 Å². The van der Waals surface area contributed by atoms with Crippen molar-refractivity contribution in [1.29, 1.82) is 0 Å². The summed E-state index contributed by atoms with van der Waals surface area (Å²) in [5.41, 5.74) is 6.85. The van der Waals surface area contributed by atoms with Crippen LogP contribution >= 0.6 is 11.3 Å². The van der Waals surface area contributed by atoms with Crippen LogP contribution < -0.4 is 25.3 Å². The number of nitrogen functional groups attached to an aromatic ring is 1. The summed E-state index contributed by atoms with van der Waals surface area (Å²) < 4.78 is 21.9. The molecule has 0 bridgehead atoms. The highest BCUT2D eigenvalue weighted by Crippen LogP contribution is 2.41. The van der Waals surface area contributed by atoms with Crippen molar-refractivity contribution in [2.75, 3.05) is 39.0 Å². The second-order valence-corrected chi connectivity index (χ2v) is 7.80. The number of hydrogen-bond donors (Lipinski definition) is 2. The van der Waals surface area contributed by atoms with E-state index in [1.807, 2.05) is 0 Å². The SMILES string of the molecule is COc1cc(Nc2nc(N)c(C3=NC(CC(C)C)CO3)s2)cc(OC)c1OC. The molecule has 0 spiro atoms. The van der Waals surface area contributed by atoms with Gasteiger partial charge in [-0.15, -0.1) is 0 Å². The number of thiazole rings is 1. The Hall–Kier alpha value is -2.68. The topological polar surface area (TPSA) is 100 Å². The predicted octanol–water partition coefficient (Wildman–Crippen LogP) is 3.69. The average molecular weight is 407 g/mol. The fourth-order valence-electron chi connectivity index (χ4n) is 3.02. The van der Waals surface area contributed by atoms with Gasteiger partial charge in [-0.2, -0.15) is 0 Å². The van der Waals surface area contributed by atoms with Gasteiger partial charge in [0.1, 0.15) is 17.3 Å². The highest BCUT2D eigenvalue weighted by atomic mass is 32.1. The maximum absolute atomic E-state index is 6.11. The second kappa shape index (κ2) is 8.55. The third kappa shape index (κ3) is 4.24. The van der Waals surface area contributed by atoms with Crippen molar-refractivity contribution >= 4 is 33.9 Å². The fourth-order valence-corrected chi connectivity index (χ4v) is 3.88. The smallest absolute Gasteiger partial charge is 0.230 e. The minimum Gasteiger partial charge on any atom is -0.493 e. The standard InChI is InChI=1S/C19H26N4O4S/c1-10(2)6-12-9-27-18(21-12)16-17(20)23-19(28-16)22-11-7-13(24-3)15(26-5)14(8-11)25-4/h7-8,10,12H,6,9,20H2,1-5H3,(H,22,23). The first kappa shape index (κ1) is 20.1. The molecular formula is C19H26N4O4S. The molecule has 8 nitrogen and oxygen atoms in total. The number of aromatic nitrogens is 1. The van der Waals surface area contributed by atoms with Crippen LogP contribution in [0.25, 0.3) is 0 Å². The minimum atomic E-state index is 0.169. The number of aliphatic imine (C=N–C) groups is 1. The first-order valence-electron chi connectivity index (χ1n) is 8.99. The lowest BCUT2D eigenvalue weighted by molar-refractivity contribution is 0.302. The van der Waals surface area contributed by atoms with Gasteiger partial charge in [0.15, 0.2) is 16.6 Å². The Labute approximate surface area is 168 Å². The third-order valence-corrected chi connectivity index (χ3v) is 5.19. The lowest BCUT2D eigenvalue weighted by Gasteiger charge is -2.14. The maximum Gasteiger partial charge on any atom is 0.230 e. The summed E-state index contributed by atoms with van der Waals surface area (Å²) in [6, 6.07) is 3.78. The van der Waals surface area contributed by atoms with Crippen LogP contribution in [0.4, 0.5) is 16.6 Å². The number of hydrogen-bond acceptors (Lipinski definition) is 9. The summed E-state index contributed by atoms with van der Waals surface area (Å²) in [4.78, 5) is 9.80. The zero-order valence-corrected chi connectivity index (χ0v) is 17.6. The molecule has 3 rings (SSSR count). The molecule has 1 atom stereocenters. The van der Waals surface area contributed by atoms with Gasteiger partial charge in [-0.25, -0.2) is 9.98 Å². The molecule has 9 heteroatoms. The predicted molar refractivity (Wildman–Crippen MR) is 112 cm³/mol. The number of methoxy groups -OCH3 is 3. The molecule has 0 radical (unpaired) electrons. The largest absolute Gasteiger partial charge is 0.493 e. The molecule has 152 valence electrons. The molecule has 0 saturated heterocycles. The van der Waals surface area contributed by atoms with Crippen LogP contribution in [0.5, 0.6) is 17.2 Å². The van der Waals surface area contributed by atoms with Gasteiger partial charge in [0.25, 0.3) is 0 Å². The van der Waals surface area contributed by atoms with Crippen LogP contribution in [0, 0.1) is 5.92 Å². The molecule has 28 heavy (non-hydrogen) atoms. The van der Waals surface area contributed by atoms with E-state index in [-0.39, 0.29) is 6.04 Å². The van der Waals surface area contributed by atoms with Gasteiger partial charge in [0, 0.05) is 17.8 Å². The summed E-state index contributed by atoms with van der Waals surface area (Å²) in [7, 11) is 4.71. The zero-order valence-electron chi connectivity index (χ0n) is 16.7. The average Bonchev–Trinajstić information content (AvgIpc) is 3.26. The van der Waals surface area contributed by atoms with Crippen molar-refractivity contribution in [2.45, 2.75) is 26.3 Å². The van der Waals surface area contributed by atoms with Crippen molar-refractivity contribution in [3.05, 3.63) is 17.0 Å². The van der Waals surface area contributed by atoms with Gasteiger partial charge in [0.05, 0.1) is 27.4 Å². The molecular weight excluding hydrogens is 380 g/mol. The molecule has 2 heterocycles. The molecule has 1 aromatic heterocycles. The van der Waals surface area contributed by atoms with E-state index in [9.17, 15) is 0 Å². The van der Waals surface area contributed by atoms with E-state index in [2.05, 4.69) is 29.1 Å². The molecule has 1 aliphatic rings. The van der Waals surface area contributed by atoms with E-state index in [1.165, 1.54) is 11.3 Å². The third-order valence-electron chi connectivity index (χ3n) is 4.22. The Bertz CT molecular complexity index is 841. The van der Waals surface area contributed by atoms with Crippen LogP contribution in [0.2, 0.25) is 0 Å². The van der Waals surface area contributed by atoms with E-state index in [1.54, 1.807) is 33.5 Å². The summed E-state index contributed by atoms with van der Waals surface area (Å²) in [5.74, 6) is 3.15. The van der Waals surface area contributed by atoms with Gasteiger partial charge >= 0.3 is 0 Å². The van der Waals surface area contributed by atoms with Gasteiger partial charge in [0.2, 0.25) is 11.6 Å². The highest BCUT2D eigenvalue weighted by molar-refractivity contribution is 7.18. The van der Waals surface area contributed by atoms with E-state index in [4.69, 9.17) is 24.7 Å². The Morgan fingerprint density at radius 2 is 1.89 bits per heavy atom. The Kier molecular flexibility index (Phi) is 6.13. The van der Waals surface area contributed by atoms with Crippen molar-refractivity contribution in [3.63, 3.8) is 0 Å². The molecule has 1 aliphatic heterocycles. The van der Waals surface area contributed by atoms with Gasteiger partial charge < -0.3 is 30.0 Å². The first-order chi connectivity index (χ1) is 13.4. The summed E-state index contributed by atoms with van der Waals surface area (Å²) in [6.07, 6.45) is 0.985. The van der Waals surface area contributed by atoms with Crippen LogP contribution in [0.15, 0.2) is 17.1 Å². The van der Waals surface area contributed by atoms with Crippen LogP contribution in [0.1, 0.15) is 25.1 Å². The second-order valence-electron chi connectivity index (χ2n) is 6.80. The number of nitrogens with zero attached hydrogens (tertiary/aromatic N) is 2. The molecule has 0 saturated carbocycles. The summed E-state index contributed by atoms with van der Waals surface area (Å²) in [6.45, 7) is 4.93. The number of benzene rings is 1. The molecule has 0 aliphatic carbocycles.